The van der Waals surface area contributed by atoms with E-state index in [4.69, 9.17) is 4.74 Å². The van der Waals surface area contributed by atoms with E-state index in [-0.39, 0.29) is 5.82 Å². The van der Waals surface area contributed by atoms with Gasteiger partial charge < -0.3 is 10.1 Å². The molecule has 0 saturated heterocycles. The number of rotatable bonds is 4. The van der Waals surface area contributed by atoms with E-state index in [0.717, 1.165) is 5.56 Å². The molecule has 1 atom stereocenters. The Morgan fingerprint density at radius 3 is 2.84 bits per heavy atom. The SMILES string of the molecule is COC(=O)C(Nc1cc(C)cc(F)c1)c1nccs1. The highest BCUT2D eigenvalue weighted by atomic mass is 32.1. The van der Waals surface area contributed by atoms with Gasteiger partial charge in [0.05, 0.1) is 7.11 Å². The van der Waals surface area contributed by atoms with Crippen molar-refractivity contribution < 1.29 is 13.9 Å². The van der Waals surface area contributed by atoms with Crippen molar-refractivity contribution in [3.63, 3.8) is 0 Å². The predicted octanol–water partition coefficient (Wildman–Crippen LogP) is 2.92. The third-order valence-corrected chi connectivity index (χ3v) is 3.33. The van der Waals surface area contributed by atoms with Crippen molar-refractivity contribution in [2.75, 3.05) is 12.4 Å². The third-order valence-electron chi connectivity index (χ3n) is 2.49. The van der Waals surface area contributed by atoms with Crippen LogP contribution in [0.3, 0.4) is 0 Å². The summed E-state index contributed by atoms with van der Waals surface area (Å²) in [5.74, 6) is -0.817. The van der Waals surface area contributed by atoms with Crippen LogP contribution in [0.4, 0.5) is 10.1 Å². The monoisotopic (exact) mass is 280 g/mol. The molecule has 0 aliphatic heterocycles. The lowest BCUT2D eigenvalue weighted by Crippen LogP contribution is -2.22. The standard InChI is InChI=1S/C13H13FN2O2S/c1-8-5-9(14)7-10(6-8)16-11(13(17)18-2)12-15-3-4-19-12/h3-7,11,16H,1-2H3. The Morgan fingerprint density at radius 1 is 1.47 bits per heavy atom. The van der Waals surface area contributed by atoms with Gasteiger partial charge in [-0.05, 0) is 30.7 Å². The summed E-state index contributed by atoms with van der Waals surface area (Å²) < 4.78 is 18.1. The second kappa shape index (κ2) is 5.79. The van der Waals surface area contributed by atoms with Gasteiger partial charge in [0.15, 0.2) is 6.04 Å². The first-order valence-electron chi connectivity index (χ1n) is 5.61. The minimum absolute atomic E-state index is 0.356. The van der Waals surface area contributed by atoms with E-state index < -0.39 is 12.0 Å². The molecule has 100 valence electrons. The number of carbonyl (C=O) groups excluding carboxylic acids is 1. The second-order valence-corrected chi connectivity index (χ2v) is 4.91. The van der Waals surface area contributed by atoms with Crippen LogP contribution in [0.1, 0.15) is 16.6 Å². The average molecular weight is 280 g/mol. The van der Waals surface area contributed by atoms with Gasteiger partial charge in [0, 0.05) is 17.3 Å². The lowest BCUT2D eigenvalue weighted by Gasteiger charge is -2.15. The number of anilines is 1. The molecule has 0 bridgehead atoms. The van der Waals surface area contributed by atoms with Crippen molar-refractivity contribution in [2.45, 2.75) is 13.0 Å². The summed E-state index contributed by atoms with van der Waals surface area (Å²) in [6.45, 7) is 1.78. The van der Waals surface area contributed by atoms with Gasteiger partial charge in [0.25, 0.3) is 0 Å². The largest absolute Gasteiger partial charge is 0.467 e. The van der Waals surface area contributed by atoms with Crippen LogP contribution in [0.2, 0.25) is 0 Å². The number of hydrogen-bond acceptors (Lipinski definition) is 5. The fourth-order valence-electron chi connectivity index (χ4n) is 1.70. The molecule has 0 radical (unpaired) electrons. The average Bonchev–Trinajstić information content (AvgIpc) is 2.87. The summed E-state index contributed by atoms with van der Waals surface area (Å²) in [7, 11) is 1.31. The smallest absolute Gasteiger partial charge is 0.335 e. The fourth-order valence-corrected chi connectivity index (χ4v) is 2.38. The molecule has 6 heteroatoms. The van der Waals surface area contributed by atoms with E-state index in [0.29, 0.717) is 10.7 Å². The van der Waals surface area contributed by atoms with Crippen LogP contribution in [0, 0.1) is 12.7 Å². The van der Waals surface area contributed by atoms with Crippen LogP contribution >= 0.6 is 11.3 Å². The number of ether oxygens (including phenoxy) is 1. The first-order chi connectivity index (χ1) is 9.10. The van der Waals surface area contributed by atoms with Gasteiger partial charge in [-0.1, -0.05) is 0 Å². The number of esters is 1. The number of nitrogens with one attached hydrogen (secondary N) is 1. The van der Waals surface area contributed by atoms with Gasteiger partial charge >= 0.3 is 5.97 Å². The molecule has 0 amide bonds. The highest BCUT2D eigenvalue weighted by Gasteiger charge is 2.23. The summed E-state index contributed by atoms with van der Waals surface area (Å²) in [5, 5.41) is 5.29. The van der Waals surface area contributed by atoms with Crippen LogP contribution in [0.25, 0.3) is 0 Å². The molecule has 1 heterocycles. The van der Waals surface area contributed by atoms with Crippen molar-refractivity contribution >= 4 is 23.0 Å². The minimum Gasteiger partial charge on any atom is -0.467 e. The van der Waals surface area contributed by atoms with Crippen molar-refractivity contribution in [3.05, 3.63) is 46.2 Å². The molecule has 1 N–H and O–H groups in total. The second-order valence-electron chi connectivity index (χ2n) is 3.99. The zero-order chi connectivity index (χ0) is 13.8. The van der Waals surface area contributed by atoms with Crippen LogP contribution in [0.15, 0.2) is 29.8 Å². The number of aromatic nitrogens is 1. The highest BCUT2D eigenvalue weighted by Crippen LogP contribution is 2.24. The molecule has 0 aliphatic rings. The summed E-state index contributed by atoms with van der Waals surface area (Å²) in [4.78, 5) is 15.9. The van der Waals surface area contributed by atoms with Gasteiger partial charge in [-0.2, -0.15) is 0 Å². The molecule has 0 fully saturated rings. The third kappa shape index (κ3) is 3.29. The molecule has 0 saturated carbocycles. The lowest BCUT2D eigenvalue weighted by atomic mass is 10.2. The summed E-state index contributed by atoms with van der Waals surface area (Å²) in [6, 6.07) is 3.77. The minimum atomic E-state index is -0.730. The first-order valence-corrected chi connectivity index (χ1v) is 6.49. The Bertz CT molecular complexity index is 552. The van der Waals surface area contributed by atoms with Crippen LogP contribution in [-0.4, -0.2) is 18.1 Å². The molecule has 19 heavy (non-hydrogen) atoms. The zero-order valence-corrected chi connectivity index (χ0v) is 11.3. The Balaban J connectivity index is 2.28. The molecule has 2 aromatic rings. The molecule has 0 aliphatic carbocycles. The number of nitrogens with zero attached hydrogens (tertiary/aromatic N) is 1. The maximum absolute atomic E-state index is 13.3. The number of benzene rings is 1. The molecule has 4 nitrogen and oxygen atoms in total. The molecule has 1 aromatic heterocycles. The van der Waals surface area contributed by atoms with Gasteiger partial charge in [0.2, 0.25) is 0 Å². The van der Waals surface area contributed by atoms with E-state index in [9.17, 15) is 9.18 Å². The fraction of sp³-hybridized carbons (Fsp3) is 0.231. The molecule has 0 spiro atoms. The summed E-state index contributed by atoms with van der Waals surface area (Å²) in [5.41, 5.74) is 1.29. The van der Waals surface area contributed by atoms with Crippen molar-refractivity contribution in [3.8, 4) is 0 Å². The van der Waals surface area contributed by atoms with Gasteiger partial charge in [-0.25, -0.2) is 14.2 Å². The topological polar surface area (TPSA) is 51.2 Å². The Kier molecular flexibility index (Phi) is 4.11. The predicted molar refractivity (Wildman–Crippen MR) is 71.6 cm³/mol. The summed E-state index contributed by atoms with van der Waals surface area (Å²) in [6.07, 6.45) is 1.61. The molecule has 1 aromatic carbocycles. The van der Waals surface area contributed by atoms with Gasteiger partial charge in [-0.3, -0.25) is 0 Å². The first kappa shape index (κ1) is 13.5. The van der Waals surface area contributed by atoms with Gasteiger partial charge in [-0.15, -0.1) is 11.3 Å². The molecule has 1 unspecified atom stereocenters. The van der Waals surface area contributed by atoms with Crippen molar-refractivity contribution in [1.29, 1.82) is 0 Å². The molecular formula is C13H13FN2O2S. The molecule has 2 rings (SSSR count). The van der Waals surface area contributed by atoms with E-state index in [1.54, 1.807) is 24.6 Å². The summed E-state index contributed by atoms with van der Waals surface area (Å²) >= 11 is 1.33. The highest BCUT2D eigenvalue weighted by molar-refractivity contribution is 7.09. The number of methoxy groups -OCH3 is 1. The van der Waals surface area contributed by atoms with Crippen molar-refractivity contribution in [1.82, 2.24) is 4.98 Å². The number of aryl methyl sites for hydroxylation is 1. The van der Waals surface area contributed by atoms with Crippen LogP contribution in [0.5, 0.6) is 0 Å². The van der Waals surface area contributed by atoms with Crippen molar-refractivity contribution in [2.24, 2.45) is 0 Å². The van der Waals surface area contributed by atoms with Crippen LogP contribution < -0.4 is 5.32 Å². The van der Waals surface area contributed by atoms with E-state index in [2.05, 4.69) is 10.3 Å². The zero-order valence-electron chi connectivity index (χ0n) is 10.5. The number of hydrogen-bond donors (Lipinski definition) is 1. The Hall–Kier alpha value is -1.95. The van der Waals surface area contributed by atoms with E-state index in [1.807, 2.05) is 0 Å². The normalized spacial score (nSPS) is 11.9. The van der Waals surface area contributed by atoms with E-state index in [1.165, 1.54) is 30.6 Å². The number of thiazole rings is 1. The van der Waals surface area contributed by atoms with E-state index >= 15 is 0 Å². The molecular weight excluding hydrogens is 267 g/mol. The quantitative estimate of drug-likeness (QED) is 0.875. The maximum atomic E-state index is 13.3. The Labute approximate surface area is 114 Å². The maximum Gasteiger partial charge on any atom is 0.335 e. The Morgan fingerprint density at radius 2 is 2.26 bits per heavy atom. The lowest BCUT2D eigenvalue weighted by molar-refractivity contribution is -0.141. The van der Waals surface area contributed by atoms with Crippen LogP contribution in [-0.2, 0) is 9.53 Å². The number of carbonyl (C=O) groups is 1. The van der Waals surface area contributed by atoms with Gasteiger partial charge in [0.1, 0.15) is 10.8 Å². The number of halogens is 1.